The lowest BCUT2D eigenvalue weighted by atomic mass is 10.1. The molecular formula is C15H22NO3+. The second-order valence-corrected chi connectivity index (χ2v) is 5.16. The van der Waals surface area contributed by atoms with Gasteiger partial charge in [0.25, 0.3) is 0 Å². The molecule has 0 radical (unpaired) electrons. The van der Waals surface area contributed by atoms with Gasteiger partial charge in [-0.1, -0.05) is 30.8 Å². The molecule has 0 amide bonds. The molecule has 1 N–H and O–H groups in total. The van der Waals surface area contributed by atoms with Gasteiger partial charge in [-0.25, -0.2) is 4.79 Å². The summed E-state index contributed by atoms with van der Waals surface area (Å²) < 4.78 is 5.72. The average Bonchev–Trinajstić information content (AvgIpc) is 2.38. The fourth-order valence-electron chi connectivity index (χ4n) is 1.78. The highest BCUT2D eigenvalue weighted by atomic mass is 16.5. The van der Waals surface area contributed by atoms with Gasteiger partial charge >= 0.3 is 5.97 Å². The minimum Gasteiger partial charge on any atom is -0.457 e. The van der Waals surface area contributed by atoms with E-state index in [0.29, 0.717) is 6.61 Å². The second-order valence-electron chi connectivity index (χ2n) is 5.16. The van der Waals surface area contributed by atoms with Gasteiger partial charge in [0.1, 0.15) is 19.7 Å². The number of likely N-dealkylation sites (N-methyl/N-ethyl adjacent to an activating group) is 1. The molecule has 0 spiro atoms. The van der Waals surface area contributed by atoms with Crippen LogP contribution in [0.1, 0.15) is 11.1 Å². The van der Waals surface area contributed by atoms with Crippen LogP contribution < -0.4 is 0 Å². The number of aliphatic hydroxyl groups is 1. The number of rotatable bonds is 7. The quantitative estimate of drug-likeness (QED) is 0.461. The largest absolute Gasteiger partial charge is 0.457 e. The molecule has 0 heterocycles. The molecule has 4 heteroatoms. The molecule has 19 heavy (non-hydrogen) atoms. The van der Waals surface area contributed by atoms with Crippen LogP contribution in [0.4, 0.5) is 0 Å². The van der Waals surface area contributed by atoms with E-state index in [1.807, 2.05) is 24.3 Å². The van der Waals surface area contributed by atoms with Crippen LogP contribution in [0.2, 0.25) is 0 Å². The van der Waals surface area contributed by atoms with Gasteiger partial charge in [0.2, 0.25) is 0 Å². The number of benzene rings is 1. The summed E-state index contributed by atoms with van der Waals surface area (Å²) in [6.07, 6.45) is 1.17. The number of hydrogen-bond donors (Lipinski definition) is 1. The Morgan fingerprint density at radius 2 is 1.89 bits per heavy atom. The minimum absolute atomic E-state index is 0.0655. The number of ether oxygens (including phenoxy) is 1. The van der Waals surface area contributed by atoms with Crippen molar-refractivity contribution in [1.82, 2.24) is 0 Å². The van der Waals surface area contributed by atoms with Crippen LogP contribution in [0.15, 0.2) is 36.9 Å². The van der Waals surface area contributed by atoms with E-state index in [-0.39, 0.29) is 12.6 Å². The lowest BCUT2D eigenvalue weighted by Crippen LogP contribution is -2.41. The SMILES string of the molecule is C=CC(=O)OCC[N+](C)(C)Cc1ccc(CO)cc1. The van der Waals surface area contributed by atoms with Crippen molar-refractivity contribution in [2.45, 2.75) is 13.2 Å². The van der Waals surface area contributed by atoms with Crippen molar-refractivity contribution in [3.05, 3.63) is 48.0 Å². The first kappa shape index (κ1) is 15.4. The van der Waals surface area contributed by atoms with Crippen molar-refractivity contribution in [3.63, 3.8) is 0 Å². The van der Waals surface area contributed by atoms with Gasteiger partial charge in [0.05, 0.1) is 20.7 Å². The maximum atomic E-state index is 11.0. The molecule has 104 valence electrons. The van der Waals surface area contributed by atoms with Crippen molar-refractivity contribution in [1.29, 1.82) is 0 Å². The Morgan fingerprint density at radius 3 is 2.42 bits per heavy atom. The summed E-state index contributed by atoms with van der Waals surface area (Å²) in [6, 6.07) is 7.88. The summed E-state index contributed by atoms with van der Waals surface area (Å²) in [7, 11) is 4.17. The molecule has 0 bridgehead atoms. The van der Waals surface area contributed by atoms with Crippen LogP contribution in [0.3, 0.4) is 0 Å². The highest BCUT2D eigenvalue weighted by Crippen LogP contribution is 2.11. The Labute approximate surface area is 114 Å². The first-order chi connectivity index (χ1) is 8.96. The van der Waals surface area contributed by atoms with E-state index in [4.69, 9.17) is 9.84 Å². The van der Waals surface area contributed by atoms with Crippen LogP contribution >= 0.6 is 0 Å². The molecule has 0 fully saturated rings. The van der Waals surface area contributed by atoms with Crippen LogP contribution in [0.5, 0.6) is 0 Å². The summed E-state index contributed by atoms with van der Waals surface area (Å²) in [5.41, 5.74) is 2.10. The van der Waals surface area contributed by atoms with E-state index >= 15 is 0 Å². The molecule has 0 aromatic heterocycles. The number of nitrogens with zero attached hydrogens (tertiary/aromatic N) is 1. The van der Waals surface area contributed by atoms with Crippen molar-refractivity contribution in [2.24, 2.45) is 0 Å². The number of aliphatic hydroxyl groups excluding tert-OH is 1. The van der Waals surface area contributed by atoms with Gasteiger partial charge in [-0.3, -0.25) is 0 Å². The third-order valence-electron chi connectivity index (χ3n) is 2.92. The average molecular weight is 264 g/mol. The maximum absolute atomic E-state index is 11.0. The lowest BCUT2D eigenvalue weighted by Gasteiger charge is -2.29. The molecular weight excluding hydrogens is 242 g/mol. The van der Waals surface area contributed by atoms with Gasteiger partial charge in [0.15, 0.2) is 0 Å². The molecule has 0 saturated heterocycles. The van der Waals surface area contributed by atoms with Crippen LogP contribution in [-0.2, 0) is 22.7 Å². The third-order valence-corrected chi connectivity index (χ3v) is 2.92. The Bertz CT molecular complexity index is 424. The van der Waals surface area contributed by atoms with Gasteiger partial charge in [0, 0.05) is 11.6 Å². The third kappa shape index (κ3) is 5.68. The van der Waals surface area contributed by atoms with E-state index in [1.165, 1.54) is 11.6 Å². The maximum Gasteiger partial charge on any atom is 0.330 e. The monoisotopic (exact) mass is 264 g/mol. The van der Waals surface area contributed by atoms with Gasteiger partial charge < -0.3 is 14.3 Å². The predicted molar refractivity (Wildman–Crippen MR) is 74.2 cm³/mol. The lowest BCUT2D eigenvalue weighted by molar-refractivity contribution is -0.903. The number of carbonyl (C=O) groups is 1. The molecule has 0 unspecified atom stereocenters. The van der Waals surface area contributed by atoms with Gasteiger partial charge in [-0.15, -0.1) is 0 Å². The molecule has 4 nitrogen and oxygen atoms in total. The second kappa shape index (κ2) is 7.07. The van der Waals surface area contributed by atoms with Crippen molar-refractivity contribution in [3.8, 4) is 0 Å². The topological polar surface area (TPSA) is 46.5 Å². The van der Waals surface area contributed by atoms with Gasteiger partial charge in [-0.2, -0.15) is 0 Å². The van der Waals surface area contributed by atoms with Crippen LogP contribution in [-0.4, -0.2) is 42.8 Å². The Kier molecular flexibility index (Phi) is 5.73. The normalized spacial score (nSPS) is 11.1. The van der Waals surface area contributed by atoms with E-state index in [0.717, 1.165) is 23.1 Å². The summed E-state index contributed by atoms with van der Waals surface area (Å²) in [6.45, 7) is 5.39. The van der Waals surface area contributed by atoms with E-state index in [9.17, 15) is 4.79 Å². The zero-order chi connectivity index (χ0) is 14.3. The Morgan fingerprint density at radius 1 is 1.32 bits per heavy atom. The zero-order valence-electron chi connectivity index (χ0n) is 11.6. The summed E-state index contributed by atoms with van der Waals surface area (Å²) in [5, 5.41) is 8.99. The highest BCUT2D eigenvalue weighted by molar-refractivity contribution is 5.81. The summed E-state index contributed by atoms with van der Waals surface area (Å²) >= 11 is 0. The van der Waals surface area contributed by atoms with E-state index in [1.54, 1.807) is 0 Å². The van der Waals surface area contributed by atoms with Crippen LogP contribution in [0.25, 0.3) is 0 Å². The molecule has 1 aromatic carbocycles. The Balaban J connectivity index is 2.48. The molecule has 1 rings (SSSR count). The smallest absolute Gasteiger partial charge is 0.330 e. The molecule has 1 aromatic rings. The standard InChI is InChI=1S/C15H22NO3/c1-4-15(18)19-10-9-16(2,3)11-13-5-7-14(12-17)8-6-13/h4-8,17H,1,9-12H2,2-3H3/q+1. The predicted octanol–water partition coefficient (Wildman–Crippen LogP) is 1.48. The van der Waals surface area contributed by atoms with Crippen LogP contribution in [0, 0.1) is 0 Å². The fraction of sp³-hybridized carbons (Fsp3) is 0.400. The number of hydrogen-bond acceptors (Lipinski definition) is 3. The first-order valence-corrected chi connectivity index (χ1v) is 6.27. The van der Waals surface area contributed by atoms with Crippen molar-refractivity contribution in [2.75, 3.05) is 27.2 Å². The molecule has 0 aliphatic rings. The van der Waals surface area contributed by atoms with Crippen molar-refractivity contribution < 1.29 is 19.1 Å². The Hall–Kier alpha value is -1.65. The zero-order valence-corrected chi connectivity index (χ0v) is 11.6. The molecule has 0 atom stereocenters. The van der Waals surface area contributed by atoms with E-state index < -0.39 is 0 Å². The fourth-order valence-corrected chi connectivity index (χ4v) is 1.78. The minimum atomic E-state index is -0.382. The van der Waals surface area contributed by atoms with E-state index in [2.05, 4.69) is 20.7 Å². The molecule has 0 aliphatic carbocycles. The number of carbonyl (C=O) groups excluding carboxylic acids is 1. The number of esters is 1. The highest BCUT2D eigenvalue weighted by Gasteiger charge is 2.16. The first-order valence-electron chi connectivity index (χ1n) is 6.27. The molecule has 0 saturated carbocycles. The molecule has 0 aliphatic heterocycles. The summed E-state index contributed by atoms with van der Waals surface area (Å²) in [4.78, 5) is 11.0. The summed E-state index contributed by atoms with van der Waals surface area (Å²) in [5.74, 6) is -0.382. The number of quaternary nitrogens is 1. The van der Waals surface area contributed by atoms with Crippen molar-refractivity contribution >= 4 is 5.97 Å². The van der Waals surface area contributed by atoms with Gasteiger partial charge in [-0.05, 0) is 5.56 Å².